The molecule has 1 N–H and O–H groups in total. The molecule has 0 radical (unpaired) electrons. The van der Waals surface area contributed by atoms with E-state index in [4.69, 9.17) is 0 Å². The Balaban J connectivity index is 1.74. The first-order chi connectivity index (χ1) is 11.1. The highest BCUT2D eigenvalue weighted by Crippen LogP contribution is 2.50. The summed E-state index contributed by atoms with van der Waals surface area (Å²) in [7, 11) is 0. The van der Waals surface area contributed by atoms with Crippen LogP contribution in [0.3, 0.4) is 0 Å². The summed E-state index contributed by atoms with van der Waals surface area (Å²) in [5.74, 6) is 1.17. The monoisotopic (exact) mass is 307 g/mol. The Morgan fingerprint density at radius 2 is 1.87 bits per heavy atom. The third-order valence-electron chi connectivity index (χ3n) is 5.31. The van der Waals surface area contributed by atoms with E-state index in [1.54, 1.807) is 6.07 Å². The number of allylic oxidation sites excluding steroid dienone is 2. The van der Waals surface area contributed by atoms with Crippen molar-refractivity contribution in [2.24, 2.45) is 5.92 Å². The summed E-state index contributed by atoms with van der Waals surface area (Å²) < 4.78 is 14.3. The lowest BCUT2D eigenvalue weighted by molar-refractivity contribution is 0.420. The lowest BCUT2D eigenvalue weighted by atomic mass is 9.77. The maximum absolute atomic E-state index is 14.3. The van der Waals surface area contributed by atoms with Crippen molar-refractivity contribution in [3.05, 3.63) is 77.1 Å². The van der Waals surface area contributed by atoms with E-state index in [1.165, 1.54) is 11.1 Å². The van der Waals surface area contributed by atoms with Crippen molar-refractivity contribution in [2.45, 2.75) is 38.1 Å². The van der Waals surface area contributed by atoms with Gasteiger partial charge in [-0.25, -0.2) is 4.39 Å². The summed E-state index contributed by atoms with van der Waals surface area (Å²) >= 11 is 0. The number of para-hydroxylation sites is 1. The first kappa shape index (κ1) is 14.5. The number of fused-ring (bicyclic) bond motifs is 3. The molecule has 1 aliphatic carbocycles. The van der Waals surface area contributed by atoms with Crippen molar-refractivity contribution in [1.82, 2.24) is 0 Å². The summed E-state index contributed by atoms with van der Waals surface area (Å²) in [6.07, 6.45) is 5.54. The van der Waals surface area contributed by atoms with Gasteiger partial charge in [0.05, 0.1) is 11.7 Å². The molecule has 0 aromatic heterocycles. The summed E-state index contributed by atoms with van der Waals surface area (Å²) in [6.45, 7) is 4.41. The summed E-state index contributed by atoms with van der Waals surface area (Å²) in [4.78, 5) is 0. The summed E-state index contributed by atoms with van der Waals surface area (Å²) in [5.41, 5.74) is 4.37. The van der Waals surface area contributed by atoms with E-state index in [1.807, 2.05) is 6.07 Å². The van der Waals surface area contributed by atoms with E-state index in [0.717, 1.165) is 12.0 Å². The molecule has 2 aliphatic rings. The van der Waals surface area contributed by atoms with Crippen molar-refractivity contribution < 1.29 is 4.39 Å². The van der Waals surface area contributed by atoms with Crippen LogP contribution in [0.5, 0.6) is 0 Å². The molecule has 0 saturated carbocycles. The van der Waals surface area contributed by atoms with E-state index < -0.39 is 0 Å². The minimum atomic E-state index is -0.148. The Kier molecular flexibility index (Phi) is 3.48. The van der Waals surface area contributed by atoms with Gasteiger partial charge >= 0.3 is 0 Å². The van der Waals surface area contributed by atoms with Crippen LogP contribution < -0.4 is 5.32 Å². The second-order valence-electron chi connectivity index (χ2n) is 7.00. The molecule has 3 atom stereocenters. The highest BCUT2D eigenvalue weighted by atomic mass is 19.1. The second kappa shape index (κ2) is 5.52. The van der Waals surface area contributed by atoms with E-state index in [2.05, 4.69) is 61.6 Å². The minimum Gasteiger partial charge on any atom is -0.375 e. The van der Waals surface area contributed by atoms with Gasteiger partial charge in [0.15, 0.2) is 0 Å². The van der Waals surface area contributed by atoms with Crippen molar-refractivity contribution >= 4 is 5.69 Å². The zero-order chi connectivity index (χ0) is 16.0. The van der Waals surface area contributed by atoms with Crippen molar-refractivity contribution in [1.29, 1.82) is 0 Å². The fourth-order valence-electron chi connectivity index (χ4n) is 4.00. The molecule has 1 aliphatic heterocycles. The maximum atomic E-state index is 14.3. The molecule has 1 heterocycles. The van der Waals surface area contributed by atoms with Crippen LogP contribution in [0, 0.1) is 11.7 Å². The predicted octanol–water partition coefficient (Wildman–Crippen LogP) is 5.78. The maximum Gasteiger partial charge on any atom is 0.146 e. The average molecular weight is 307 g/mol. The van der Waals surface area contributed by atoms with E-state index >= 15 is 0 Å². The van der Waals surface area contributed by atoms with Gasteiger partial charge in [0.25, 0.3) is 0 Å². The zero-order valence-electron chi connectivity index (χ0n) is 13.6. The number of hydrogen-bond donors (Lipinski definition) is 1. The molecule has 3 unspecified atom stereocenters. The van der Waals surface area contributed by atoms with Gasteiger partial charge in [-0.15, -0.1) is 0 Å². The molecular formula is C21H22FN. The Labute approximate surface area is 137 Å². The molecule has 4 rings (SSSR count). The molecule has 23 heavy (non-hydrogen) atoms. The number of benzene rings is 2. The third kappa shape index (κ3) is 2.37. The summed E-state index contributed by atoms with van der Waals surface area (Å²) in [6, 6.07) is 14.4. The van der Waals surface area contributed by atoms with Gasteiger partial charge in [-0.1, -0.05) is 62.4 Å². The first-order valence-corrected chi connectivity index (χ1v) is 8.46. The second-order valence-corrected chi connectivity index (χ2v) is 7.00. The fourth-order valence-corrected chi connectivity index (χ4v) is 4.00. The van der Waals surface area contributed by atoms with Crippen LogP contribution in [0.4, 0.5) is 10.1 Å². The topological polar surface area (TPSA) is 12.0 Å². The number of halogens is 1. The number of rotatable bonds is 2. The molecule has 0 spiro atoms. The highest BCUT2D eigenvalue weighted by Gasteiger charge is 2.38. The molecular weight excluding hydrogens is 285 g/mol. The molecule has 0 amide bonds. The molecule has 0 bridgehead atoms. The number of anilines is 1. The largest absolute Gasteiger partial charge is 0.375 e. The Morgan fingerprint density at radius 1 is 1.09 bits per heavy atom. The molecule has 0 saturated heterocycles. The smallest absolute Gasteiger partial charge is 0.146 e. The van der Waals surface area contributed by atoms with Crippen LogP contribution >= 0.6 is 0 Å². The average Bonchev–Trinajstić information content (AvgIpc) is 3.04. The molecule has 1 nitrogen and oxygen atoms in total. The van der Waals surface area contributed by atoms with Crippen LogP contribution in [0.1, 0.15) is 54.8 Å². The SMILES string of the molecule is CC(C)c1ccc(C2Nc3c(F)cccc3C3C=CCC32)cc1. The molecule has 0 fully saturated rings. The zero-order valence-corrected chi connectivity index (χ0v) is 13.6. The highest BCUT2D eigenvalue weighted by molar-refractivity contribution is 5.60. The predicted molar refractivity (Wildman–Crippen MR) is 93.3 cm³/mol. The van der Waals surface area contributed by atoms with E-state index in [9.17, 15) is 4.39 Å². The number of nitrogens with one attached hydrogen (secondary N) is 1. The van der Waals surface area contributed by atoms with Crippen LogP contribution in [-0.2, 0) is 0 Å². The van der Waals surface area contributed by atoms with Crippen LogP contribution in [-0.4, -0.2) is 0 Å². The Morgan fingerprint density at radius 3 is 2.61 bits per heavy atom. The Hall–Kier alpha value is -2.09. The van der Waals surface area contributed by atoms with Gasteiger partial charge in [-0.05, 0) is 41.0 Å². The van der Waals surface area contributed by atoms with Gasteiger partial charge < -0.3 is 5.32 Å². The standard InChI is InChI=1S/C21H22FN/c1-13(2)14-9-11-15(12-10-14)20-17-6-3-5-16(17)18-7-4-8-19(22)21(18)23-20/h3-5,7-13,16-17,20,23H,6H2,1-2H3. The quantitative estimate of drug-likeness (QED) is 0.694. The van der Waals surface area contributed by atoms with Crippen molar-refractivity contribution in [3.63, 3.8) is 0 Å². The van der Waals surface area contributed by atoms with E-state index in [-0.39, 0.29) is 11.9 Å². The van der Waals surface area contributed by atoms with Crippen molar-refractivity contribution in [3.8, 4) is 0 Å². The van der Waals surface area contributed by atoms with Crippen LogP contribution in [0.15, 0.2) is 54.6 Å². The lowest BCUT2D eigenvalue weighted by Crippen LogP contribution is -2.29. The lowest BCUT2D eigenvalue weighted by Gasteiger charge is -2.37. The van der Waals surface area contributed by atoms with E-state index in [0.29, 0.717) is 23.4 Å². The van der Waals surface area contributed by atoms with Crippen LogP contribution in [0.2, 0.25) is 0 Å². The molecule has 2 aromatic rings. The van der Waals surface area contributed by atoms with Gasteiger partial charge in [-0.3, -0.25) is 0 Å². The molecule has 2 heteroatoms. The van der Waals surface area contributed by atoms with Gasteiger partial charge in [-0.2, -0.15) is 0 Å². The van der Waals surface area contributed by atoms with Gasteiger partial charge in [0.1, 0.15) is 5.82 Å². The molecule has 2 aromatic carbocycles. The minimum absolute atomic E-state index is 0.148. The van der Waals surface area contributed by atoms with Crippen molar-refractivity contribution in [2.75, 3.05) is 5.32 Å². The van der Waals surface area contributed by atoms with Gasteiger partial charge in [0, 0.05) is 5.92 Å². The third-order valence-corrected chi connectivity index (χ3v) is 5.31. The van der Waals surface area contributed by atoms with Gasteiger partial charge in [0.2, 0.25) is 0 Å². The normalized spacial score (nSPS) is 25.1. The first-order valence-electron chi connectivity index (χ1n) is 8.46. The summed E-state index contributed by atoms with van der Waals surface area (Å²) in [5, 5.41) is 3.49. The fraction of sp³-hybridized carbons (Fsp3) is 0.333. The van der Waals surface area contributed by atoms with Crippen LogP contribution in [0.25, 0.3) is 0 Å². The number of hydrogen-bond acceptors (Lipinski definition) is 1. The Bertz CT molecular complexity index is 745. The molecule has 118 valence electrons.